The predicted molar refractivity (Wildman–Crippen MR) is 141 cm³/mol. The van der Waals surface area contributed by atoms with Crippen molar-refractivity contribution in [3.63, 3.8) is 0 Å². The first-order chi connectivity index (χ1) is 17.0. The summed E-state index contributed by atoms with van der Waals surface area (Å²) in [6.07, 6.45) is 0. The highest BCUT2D eigenvalue weighted by Crippen LogP contribution is 2.33. The normalized spacial score (nSPS) is 18.2. The number of hydrogen-bond acceptors (Lipinski definition) is 4. The number of nitrogens with one attached hydrogen (secondary N) is 3. The summed E-state index contributed by atoms with van der Waals surface area (Å²) < 4.78 is 40.9. The highest BCUT2D eigenvalue weighted by molar-refractivity contribution is 7.90. The van der Waals surface area contributed by atoms with Crippen LogP contribution in [0.15, 0.2) is 65.6 Å². The topological polar surface area (TPSA) is 87.3 Å². The van der Waals surface area contributed by atoms with E-state index < -0.39 is 27.6 Å². The average molecular weight is 550 g/mol. The largest absolute Gasteiger partial charge is 0.331 e. The van der Waals surface area contributed by atoms with Gasteiger partial charge < -0.3 is 16.0 Å². The van der Waals surface area contributed by atoms with Crippen molar-refractivity contribution in [1.82, 2.24) is 10.6 Å². The van der Waals surface area contributed by atoms with E-state index in [-0.39, 0.29) is 17.2 Å². The summed E-state index contributed by atoms with van der Waals surface area (Å²) in [7, 11) is -3.68. The van der Waals surface area contributed by atoms with Crippen LogP contribution in [0.2, 0.25) is 10.0 Å². The second kappa shape index (κ2) is 10.4. The molecule has 6 nitrogen and oxygen atoms in total. The van der Waals surface area contributed by atoms with Gasteiger partial charge in [0.25, 0.3) is 0 Å². The number of alkyl halides is 1. The Morgan fingerprint density at radius 1 is 1.14 bits per heavy atom. The first-order valence-electron chi connectivity index (χ1n) is 11.3. The maximum Gasteiger partial charge on any atom is 0.319 e. The van der Waals surface area contributed by atoms with Crippen LogP contribution in [0.5, 0.6) is 0 Å². The number of hydrogen-bond donors (Lipinski definition) is 3. The van der Waals surface area contributed by atoms with Gasteiger partial charge in [0.1, 0.15) is 5.67 Å². The van der Waals surface area contributed by atoms with Crippen LogP contribution in [0.25, 0.3) is 0 Å². The molecule has 3 aromatic rings. The minimum Gasteiger partial charge on any atom is -0.331 e. The SMILES string of the molecule is CC(NC(=O)Nc1ccc(S(=O)(=O)Cc2ccc3c(c2)C(C)(F)CNC3)cc1)c1cccc(Cl)c1Cl. The number of sulfone groups is 1. The highest BCUT2D eigenvalue weighted by atomic mass is 35.5. The number of benzene rings is 3. The van der Waals surface area contributed by atoms with Gasteiger partial charge >= 0.3 is 6.03 Å². The summed E-state index contributed by atoms with van der Waals surface area (Å²) in [6.45, 7) is 4.00. The molecule has 0 saturated heterocycles. The molecule has 0 aliphatic carbocycles. The summed E-state index contributed by atoms with van der Waals surface area (Å²) in [5, 5.41) is 9.25. The number of carbonyl (C=O) groups excluding carboxylic acids is 1. The van der Waals surface area contributed by atoms with E-state index in [9.17, 15) is 17.6 Å². The second-order valence-electron chi connectivity index (χ2n) is 9.04. The van der Waals surface area contributed by atoms with Crippen molar-refractivity contribution in [1.29, 1.82) is 0 Å². The molecule has 2 amide bonds. The Morgan fingerprint density at radius 3 is 2.58 bits per heavy atom. The maximum absolute atomic E-state index is 14.9. The molecule has 3 N–H and O–H groups in total. The second-order valence-corrected chi connectivity index (χ2v) is 11.8. The lowest BCUT2D eigenvalue weighted by molar-refractivity contribution is 0.173. The molecule has 0 radical (unpaired) electrons. The monoisotopic (exact) mass is 549 g/mol. The third kappa shape index (κ3) is 5.83. The third-order valence-corrected chi connectivity index (χ3v) is 8.67. The van der Waals surface area contributed by atoms with Crippen LogP contribution in [-0.2, 0) is 27.8 Å². The Labute approximate surface area is 220 Å². The van der Waals surface area contributed by atoms with E-state index >= 15 is 0 Å². The first kappa shape index (κ1) is 26.4. The number of halogens is 3. The van der Waals surface area contributed by atoms with Crippen LogP contribution in [0.1, 0.15) is 42.1 Å². The molecule has 190 valence electrons. The summed E-state index contributed by atoms with van der Waals surface area (Å²) in [6, 6.07) is 15.3. The van der Waals surface area contributed by atoms with Gasteiger partial charge in [0.15, 0.2) is 9.84 Å². The zero-order chi connectivity index (χ0) is 26.1. The molecular weight excluding hydrogens is 524 g/mol. The van der Waals surface area contributed by atoms with E-state index in [1.165, 1.54) is 31.2 Å². The van der Waals surface area contributed by atoms with Crippen molar-refractivity contribution >= 4 is 44.8 Å². The quantitative estimate of drug-likeness (QED) is 0.344. The van der Waals surface area contributed by atoms with Gasteiger partial charge in [-0.05, 0) is 66.4 Å². The van der Waals surface area contributed by atoms with Crippen LogP contribution < -0.4 is 16.0 Å². The summed E-state index contributed by atoms with van der Waals surface area (Å²) in [5.74, 6) is -0.255. The summed E-state index contributed by atoms with van der Waals surface area (Å²) in [5.41, 5.74) is 1.41. The molecule has 1 aliphatic heterocycles. The molecule has 1 aliphatic rings. The fourth-order valence-electron chi connectivity index (χ4n) is 4.22. The van der Waals surface area contributed by atoms with Gasteiger partial charge in [-0.3, -0.25) is 0 Å². The number of fused-ring (bicyclic) bond motifs is 1. The molecule has 2 unspecified atom stereocenters. The Balaban J connectivity index is 1.42. The zero-order valence-electron chi connectivity index (χ0n) is 19.7. The fourth-order valence-corrected chi connectivity index (χ4v) is 6.03. The van der Waals surface area contributed by atoms with Gasteiger partial charge in [0, 0.05) is 18.8 Å². The maximum atomic E-state index is 14.9. The van der Waals surface area contributed by atoms with Gasteiger partial charge in [-0.2, -0.15) is 0 Å². The fraction of sp³-hybridized carbons (Fsp3) is 0.269. The Bertz CT molecular complexity index is 1400. The number of anilines is 1. The Kier molecular flexibility index (Phi) is 7.61. The molecule has 0 spiro atoms. The molecule has 3 aromatic carbocycles. The van der Waals surface area contributed by atoms with Gasteiger partial charge in [-0.15, -0.1) is 0 Å². The van der Waals surface area contributed by atoms with E-state index in [0.717, 1.165) is 5.56 Å². The third-order valence-electron chi connectivity index (χ3n) is 6.13. The van der Waals surface area contributed by atoms with Crippen LogP contribution in [0, 0.1) is 0 Å². The average Bonchev–Trinajstić information content (AvgIpc) is 2.81. The van der Waals surface area contributed by atoms with E-state index in [0.29, 0.717) is 39.0 Å². The van der Waals surface area contributed by atoms with E-state index in [1.807, 2.05) is 0 Å². The first-order valence-corrected chi connectivity index (χ1v) is 13.7. The smallest absolute Gasteiger partial charge is 0.319 e. The van der Waals surface area contributed by atoms with Crippen molar-refractivity contribution in [3.05, 3.63) is 93.0 Å². The Hall–Kier alpha value is -2.65. The van der Waals surface area contributed by atoms with Crippen molar-refractivity contribution in [2.45, 2.75) is 42.8 Å². The molecular formula is C26H26Cl2FN3O3S. The minimum absolute atomic E-state index is 0.106. The van der Waals surface area contributed by atoms with Crippen LogP contribution >= 0.6 is 23.2 Å². The number of amides is 2. The van der Waals surface area contributed by atoms with Crippen LogP contribution in [0.4, 0.5) is 14.9 Å². The zero-order valence-corrected chi connectivity index (χ0v) is 22.1. The summed E-state index contributed by atoms with van der Waals surface area (Å²) >= 11 is 12.3. The molecule has 10 heteroatoms. The van der Waals surface area contributed by atoms with Gasteiger partial charge in [0.05, 0.1) is 26.7 Å². The molecule has 0 aromatic heterocycles. The van der Waals surface area contributed by atoms with Crippen molar-refractivity contribution < 1.29 is 17.6 Å². The molecule has 0 saturated carbocycles. The van der Waals surface area contributed by atoms with Crippen LogP contribution in [-0.4, -0.2) is 21.0 Å². The lowest BCUT2D eigenvalue weighted by Crippen LogP contribution is -2.37. The van der Waals surface area contributed by atoms with Crippen molar-refractivity contribution in [3.8, 4) is 0 Å². The molecule has 0 bridgehead atoms. The lowest BCUT2D eigenvalue weighted by Gasteiger charge is -2.30. The molecule has 2 atom stereocenters. The number of carbonyl (C=O) groups is 1. The van der Waals surface area contributed by atoms with Crippen molar-refractivity contribution in [2.75, 3.05) is 11.9 Å². The van der Waals surface area contributed by atoms with E-state index in [1.54, 1.807) is 43.3 Å². The van der Waals surface area contributed by atoms with Gasteiger partial charge in [0.2, 0.25) is 0 Å². The Morgan fingerprint density at radius 2 is 1.86 bits per heavy atom. The number of urea groups is 1. The lowest BCUT2D eigenvalue weighted by atomic mass is 9.88. The van der Waals surface area contributed by atoms with Gasteiger partial charge in [-0.25, -0.2) is 17.6 Å². The molecule has 36 heavy (non-hydrogen) atoms. The summed E-state index contributed by atoms with van der Waals surface area (Å²) in [4.78, 5) is 12.5. The van der Waals surface area contributed by atoms with Gasteiger partial charge in [-0.1, -0.05) is 53.5 Å². The number of rotatable bonds is 6. The van der Waals surface area contributed by atoms with E-state index in [2.05, 4.69) is 16.0 Å². The molecule has 4 rings (SSSR count). The van der Waals surface area contributed by atoms with Crippen molar-refractivity contribution in [2.24, 2.45) is 0 Å². The molecule has 1 heterocycles. The van der Waals surface area contributed by atoms with Crippen LogP contribution in [0.3, 0.4) is 0 Å². The minimum atomic E-state index is -3.68. The van der Waals surface area contributed by atoms with E-state index in [4.69, 9.17) is 23.2 Å². The molecule has 0 fully saturated rings. The standard InChI is InChI=1S/C26H26Cl2FN3O3S/c1-16(21-4-3-5-23(27)24(21)28)31-25(33)32-19-8-10-20(11-9-19)36(34,35)14-17-6-7-18-13-30-15-26(2,29)22(18)12-17/h3-12,16,30H,13-15H2,1-2H3,(H2,31,32,33). The highest BCUT2D eigenvalue weighted by Gasteiger charge is 2.32. The predicted octanol–water partition coefficient (Wildman–Crippen LogP) is 6.14.